The number of alkyl halides is 2. The molecule has 0 aromatic heterocycles. The molecule has 0 fully saturated rings. The van der Waals surface area contributed by atoms with E-state index in [1.165, 1.54) is 12.1 Å². The van der Waals surface area contributed by atoms with Crippen molar-refractivity contribution in [1.29, 1.82) is 0 Å². The molecule has 2 aliphatic rings. The van der Waals surface area contributed by atoms with Crippen LogP contribution in [0.5, 0.6) is 11.5 Å². The Bertz CT molecular complexity index is 536. The maximum Gasteiger partial charge on any atom is 0.586 e. The Kier molecular flexibility index (Phi) is 3.00. The Morgan fingerprint density at radius 2 is 2.21 bits per heavy atom. The third-order valence-corrected chi connectivity index (χ3v) is 4.09. The van der Waals surface area contributed by atoms with E-state index in [2.05, 4.69) is 26.7 Å². The van der Waals surface area contributed by atoms with E-state index in [0.29, 0.717) is 10.9 Å². The Labute approximate surface area is 113 Å². The first-order valence-electron chi connectivity index (χ1n) is 5.94. The second-order valence-electron chi connectivity index (χ2n) is 4.25. The lowest BCUT2D eigenvalue weighted by atomic mass is 10.3. The summed E-state index contributed by atoms with van der Waals surface area (Å²) in [6.07, 6.45) is -2.53. The minimum absolute atomic E-state index is 0.0330. The van der Waals surface area contributed by atoms with Gasteiger partial charge in [-0.25, -0.2) is 0 Å². The number of halogens is 2. The van der Waals surface area contributed by atoms with Gasteiger partial charge in [0, 0.05) is 17.0 Å². The molecular formula is C12H12F2N2O2S. The molecule has 4 nitrogen and oxygen atoms in total. The number of hydrogen-bond acceptors (Lipinski definition) is 5. The van der Waals surface area contributed by atoms with Gasteiger partial charge in [0.25, 0.3) is 0 Å². The van der Waals surface area contributed by atoms with Crippen LogP contribution in [0.25, 0.3) is 0 Å². The smallest absolute Gasteiger partial charge is 0.395 e. The van der Waals surface area contributed by atoms with E-state index < -0.39 is 6.29 Å². The number of rotatable bonds is 2. The molecule has 2 aliphatic heterocycles. The highest BCUT2D eigenvalue weighted by Crippen LogP contribution is 2.42. The lowest BCUT2D eigenvalue weighted by Gasteiger charge is -2.07. The summed E-state index contributed by atoms with van der Waals surface area (Å²) in [7, 11) is 0. The van der Waals surface area contributed by atoms with Gasteiger partial charge in [-0.15, -0.1) is 8.78 Å². The molecule has 1 atom stereocenters. The molecule has 19 heavy (non-hydrogen) atoms. The van der Waals surface area contributed by atoms with Crippen LogP contribution >= 0.6 is 11.8 Å². The molecule has 3 rings (SSSR count). The molecule has 0 radical (unpaired) electrons. The Balaban J connectivity index is 1.71. The topological polar surface area (TPSA) is 42.9 Å². The molecule has 0 spiro atoms. The summed E-state index contributed by atoms with van der Waals surface area (Å²) in [5.74, 6) is 0.0774. The van der Waals surface area contributed by atoms with Gasteiger partial charge in [0.05, 0.1) is 6.54 Å². The fourth-order valence-corrected chi connectivity index (χ4v) is 2.81. The largest absolute Gasteiger partial charge is 0.586 e. The van der Waals surface area contributed by atoms with Crippen molar-refractivity contribution >= 4 is 22.6 Å². The third kappa shape index (κ3) is 2.60. The van der Waals surface area contributed by atoms with E-state index in [4.69, 9.17) is 0 Å². The van der Waals surface area contributed by atoms with Crippen molar-refractivity contribution in [3.8, 4) is 11.5 Å². The van der Waals surface area contributed by atoms with Crippen LogP contribution in [0, 0.1) is 0 Å². The number of amidine groups is 1. The van der Waals surface area contributed by atoms with Crippen LogP contribution in [0.1, 0.15) is 13.3 Å². The standard InChI is InChI=1S/C12H12F2N2O2S/c1-2-8-6-15-11(19-8)16-7-3-4-9-10(5-7)18-12(13,14)17-9/h3-5,8H,2,6H2,1H3,(H,15,16). The highest BCUT2D eigenvalue weighted by molar-refractivity contribution is 8.15. The quantitative estimate of drug-likeness (QED) is 0.906. The molecule has 0 saturated heterocycles. The lowest BCUT2D eigenvalue weighted by Crippen LogP contribution is -2.25. The molecule has 1 aromatic rings. The summed E-state index contributed by atoms with van der Waals surface area (Å²) in [6, 6.07) is 4.60. The first-order chi connectivity index (χ1) is 9.05. The molecule has 7 heteroatoms. The number of ether oxygens (including phenoxy) is 2. The predicted molar refractivity (Wildman–Crippen MR) is 70.2 cm³/mol. The highest BCUT2D eigenvalue weighted by atomic mass is 32.2. The van der Waals surface area contributed by atoms with Crippen molar-refractivity contribution in [3.05, 3.63) is 18.2 Å². The Hall–Kier alpha value is -1.50. The van der Waals surface area contributed by atoms with Crippen molar-refractivity contribution in [2.45, 2.75) is 24.9 Å². The second-order valence-corrected chi connectivity index (χ2v) is 5.54. The highest BCUT2D eigenvalue weighted by Gasteiger charge is 2.43. The summed E-state index contributed by atoms with van der Waals surface area (Å²) in [5.41, 5.74) is 0.656. The molecule has 1 N–H and O–H groups in total. The lowest BCUT2D eigenvalue weighted by molar-refractivity contribution is -0.286. The molecule has 2 heterocycles. The maximum absolute atomic E-state index is 12.9. The predicted octanol–water partition coefficient (Wildman–Crippen LogP) is 3.30. The zero-order valence-electron chi connectivity index (χ0n) is 10.2. The normalized spacial score (nSPS) is 23.3. The number of fused-ring (bicyclic) bond motifs is 1. The number of thioether (sulfide) groups is 1. The van der Waals surface area contributed by atoms with Gasteiger partial charge in [-0.3, -0.25) is 4.99 Å². The van der Waals surface area contributed by atoms with Crippen LogP contribution in [-0.4, -0.2) is 23.3 Å². The third-order valence-electron chi connectivity index (χ3n) is 2.82. The van der Waals surface area contributed by atoms with Crippen LogP contribution in [0.4, 0.5) is 14.5 Å². The molecular weight excluding hydrogens is 274 g/mol. The summed E-state index contributed by atoms with van der Waals surface area (Å²) >= 11 is 1.66. The average molecular weight is 286 g/mol. The van der Waals surface area contributed by atoms with E-state index in [-0.39, 0.29) is 11.5 Å². The monoisotopic (exact) mass is 286 g/mol. The summed E-state index contributed by atoms with van der Waals surface area (Å²) in [5, 5.41) is 4.38. The average Bonchev–Trinajstić information content (AvgIpc) is 2.91. The van der Waals surface area contributed by atoms with E-state index in [1.807, 2.05) is 0 Å². The zero-order chi connectivity index (χ0) is 13.5. The van der Waals surface area contributed by atoms with Crippen molar-refractivity contribution in [2.24, 2.45) is 4.99 Å². The fourth-order valence-electron chi connectivity index (χ4n) is 1.85. The second kappa shape index (κ2) is 4.56. The van der Waals surface area contributed by atoms with Crippen molar-refractivity contribution < 1.29 is 18.3 Å². The number of nitrogens with zero attached hydrogens (tertiary/aromatic N) is 1. The SMILES string of the molecule is CCC1CN=C(Nc2ccc3c(c2)OC(F)(F)O3)S1. The summed E-state index contributed by atoms with van der Waals surface area (Å²) in [4.78, 5) is 4.35. The first kappa shape index (κ1) is 12.5. The van der Waals surface area contributed by atoms with E-state index in [9.17, 15) is 8.78 Å². The number of nitrogens with one attached hydrogen (secondary N) is 1. The number of aliphatic imine (C=N–C) groups is 1. The molecule has 1 aromatic carbocycles. The molecule has 0 amide bonds. The van der Waals surface area contributed by atoms with Gasteiger partial charge < -0.3 is 14.8 Å². The molecule has 0 bridgehead atoms. The van der Waals surface area contributed by atoms with Crippen molar-refractivity contribution in [2.75, 3.05) is 11.9 Å². The molecule has 0 saturated carbocycles. The van der Waals surface area contributed by atoms with Crippen LogP contribution < -0.4 is 14.8 Å². The summed E-state index contributed by atoms with van der Waals surface area (Å²) < 4.78 is 34.5. The Morgan fingerprint density at radius 1 is 1.42 bits per heavy atom. The minimum atomic E-state index is -3.58. The molecule has 102 valence electrons. The van der Waals surface area contributed by atoms with Gasteiger partial charge in [-0.1, -0.05) is 18.7 Å². The van der Waals surface area contributed by atoms with Crippen molar-refractivity contribution in [3.63, 3.8) is 0 Å². The minimum Gasteiger partial charge on any atom is -0.395 e. The number of anilines is 1. The van der Waals surface area contributed by atoms with E-state index in [1.54, 1.807) is 17.8 Å². The van der Waals surface area contributed by atoms with Gasteiger partial charge >= 0.3 is 6.29 Å². The number of hydrogen-bond donors (Lipinski definition) is 1. The first-order valence-corrected chi connectivity index (χ1v) is 6.82. The van der Waals surface area contributed by atoms with Crippen LogP contribution in [0.15, 0.2) is 23.2 Å². The van der Waals surface area contributed by atoms with Crippen LogP contribution in [0.2, 0.25) is 0 Å². The Morgan fingerprint density at radius 3 is 2.95 bits per heavy atom. The maximum atomic E-state index is 12.9. The fraction of sp³-hybridized carbons (Fsp3) is 0.417. The molecule has 0 aliphatic carbocycles. The zero-order valence-corrected chi connectivity index (χ0v) is 11.0. The van der Waals surface area contributed by atoms with Crippen molar-refractivity contribution in [1.82, 2.24) is 0 Å². The van der Waals surface area contributed by atoms with Gasteiger partial charge in [-0.2, -0.15) is 0 Å². The van der Waals surface area contributed by atoms with E-state index >= 15 is 0 Å². The van der Waals surface area contributed by atoms with Gasteiger partial charge in [0.2, 0.25) is 0 Å². The van der Waals surface area contributed by atoms with Gasteiger partial charge in [0.15, 0.2) is 16.7 Å². The van der Waals surface area contributed by atoms with Crippen LogP contribution in [0.3, 0.4) is 0 Å². The molecule has 1 unspecified atom stereocenters. The number of benzene rings is 1. The summed E-state index contributed by atoms with van der Waals surface area (Å²) in [6.45, 7) is 2.89. The van der Waals surface area contributed by atoms with Crippen LogP contribution in [-0.2, 0) is 0 Å². The van der Waals surface area contributed by atoms with E-state index in [0.717, 1.165) is 18.1 Å². The van der Waals surface area contributed by atoms with Gasteiger partial charge in [0.1, 0.15) is 0 Å². The van der Waals surface area contributed by atoms with Gasteiger partial charge in [-0.05, 0) is 18.6 Å².